The van der Waals surface area contributed by atoms with E-state index in [1.54, 1.807) is 7.11 Å². The minimum Gasteiger partial charge on any atom is -0.493 e. The molecule has 4 heteroatoms. The average Bonchev–Trinajstić information content (AvgIpc) is 2.39. The fourth-order valence-electron chi connectivity index (χ4n) is 1.58. The van der Waals surface area contributed by atoms with Crippen molar-refractivity contribution >= 4 is 0 Å². The van der Waals surface area contributed by atoms with E-state index in [0.717, 1.165) is 23.6 Å². The minimum absolute atomic E-state index is 0.0228. The van der Waals surface area contributed by atoms with Crippen LogP contribution in [0.25, 0.3) is 0 Å². The molecule has 1 rings (SSSR count). The summed E-state index contributed by atoms with van der Waals surface area (Å²) in [5.74, 6) is 1.52. The van der Waals surface area contributed by atoms with E-state index >= 15 is 0 Å². The van der Waals surface area contributed by atoms with Crippen molar-refractivity contribution in [2.45, 2.75) is 20.4 Å². The summed E-state index contributed by atoms with van der Waals surface area (Å²) in [7, 11) is 1.63. The van der Waals surface area contributed by atoms with E-state index < -0.39 is 0 Å². The Morgan fingerprint density at radius 2 is 2.17 bits per heavy atom. The topological polar surface area (TPSA) is 54.3 Å². The van der Waals surface area contributed by atoms with Crippen LogP contribution in [0, 0.1) is 17.2 Å². The molecule has 0 saturated carbocycles. The van der Waals surface area contributed by atoms with E-state index in [1.807, 2.05) is 32.0 Å². The lowest BCUT2D eigenvalue weighted by Gasteiger charge is -2.12. The molecule has 0 spiro atoms. The van der Waals surface area contributed by atoms with Gasteiger partial charge in [0.2, 0.25) is 0 Å². The van der Waals surface area contributed by atoms with Crippen molar-refractivity contribution in [1.29, 1.82) is 5.26 Å². The molecular formula is C14H20N2O2. The average molecular weight is 248 g/mol. The third kappa shape index (κ3) is 4.27. The van der Waals surface area contributed by atoms with Crippen LogP contribution in [-0.2, 0) is 6.54 Å². The van der Waals surface area contributed by atoms with Crippen molar-refractivity contribution in [3.05, 3.63) is 23.8 Å². The molecule has 0 aromatic heterocycles. The highest BCUT2D eigenvalue weighted by Gasteiger charge is 2.05. The molecule has 1 N–H and O–H groups in total. The summed E-state index contributed by atoms with van der Waals surface area (Å²) in [5.41, 5.74) is 1.12. The molecule has 0 amide bonds. The number of rotatable bonds is 7. The molecule has 0 fully saturated rings. The predicted molar refractivity (Wildman–Crippen MR) is 70.6 cm³/mol. The van der Waals surface area contributed by atoms with Crippen molar-refractivity contribution in [2.24, 2.45) is 5.92 Å². The van der Waals surface area contributed by atoms with Crippen molar-refractivity contribution < 1.29 is 9.47 Å². The molecular weight excluding hydrogens is 228 g/mol. The molecule has 1 aromatic carbocycles. The van der Waals surface area contributed by atoms with Crippen LogP contribution < -0.4 is 14.8 Å². The third-order valence-electron chi connectivity index (χ3n) is 2.53. The second kappa shape index (κ2) is 7.57. The standard InChI is InChI=1S/C14H20N2O2/c1-4-18-14-7-12(5-6-13(14)17-3)10-16-9-11(2)8-15/h5-7,11,16H,4,9-10H2,1-3H3. The number of nitriles is 1. The normalized spacial score (nSPS) is 11.7. The van der Waals surface area contributed by atoms with Crippen molar-refractivity contribution in [3.63, 3.8) is 0 Å². The Labute approximate surface area is 109 Å². The SMILES string of the molecule is CCOc1cc(CNCC(C)C#N)ccc1OC. The van der Waals surface area contributed by atoms with E-state index in [9.17, 15) is 0 Å². The maximum absolute atomic E-state index is 8.69. The van der Waals surface area contributed by atoms with Crippen LogP contribution in [0.15, 0.2) is 18.2 Å². The maximum atomic E-state index is 8.69. The Morgan fingerprint density at radius 3 is 2.78 bits per heavy atom. The maximum Gasteiger partial charge on any atom is 0.161 e. The van der Waals surface area contributed by atoms with Crippen molar-refractivity contribution in [1.82, 2.24) is 5.32 Å². The van der Waals surface area contributed by atoms with Gasteiger partial charge in [0.1, 0.15) is 0 Å². The van der Waals surface area contributed by atoms with Gasteiger partial charge in [-0.3, -0.25) is 0 Å². The molecule has 4 nitrogen and oxygen atoms in total. The Hall–Kier alpha value is -1.73. The van der Waals surface area contributed by atoms with Crippen molar-refractivity contribution in [2.75, 3.05) is 20.3 Å². The number of hydrogen-bond acceptors (Lipinski definition) is 4. The number of ether oxygens (including phenoxy) is 2. The van der Waals surface area contributed by atoms with Crippen LogP contribution in [0.2, 0.25) is 0 Å². The second-order valence-corrected chi connectivity index (χ2v) is 4.08. The zero-order valence-corrected chi connectivity index (χ0v) is 11.2. The van der Waals surface area contributed by atoms with Gasteiger partial charge >= 0.3 is 0 Å². The predicted octanol–water partition coefficient (Wildman–Crippen LogP) is 2.34. The summed E-state index contributed by atoms with van der Waals surface area (Å²) < 4.78 is 10.7. The van der Waals surface area contributed by atoms with Gasteiger partial charge < -0.3 is 14.8 Å². The van der Waals surface area contributed by atoms with Crippen LogP contribution in [0.1, 0.15) is 19.4 Å². The Morgan fingerprint density at radius 1 is 1.39 bits per heavy atom. The zero-order valence-electron chi connectivity index (χ0n) is 11.2. The first-order valence-corrected chi connectivity index (χ1v) is 6.11. The first-order valence-electron chi connectivity index (χ1n) is 6.11. The molecule has 18 heavy (non-hydrogen) atoms. The summed E-state index contributed by atoms with van der Waals surface area (Å²) in [4.78, 5) is 0. The number of methoxy groups -OCH3 is 1. The van der Waals surface area contributed by atoms with Crippen LogP contribution in [0.5, 0.6) is 11.5 Å². The molecule has 0 aliphatic carbocycles. The monoisotopic (exact) mass is 248 g/mol. The van der Waals surface area contributed by atoms with Crippen LogP contribution in [0.3, 0.4) is 0 Å². The van der Waals surface area contributed by atoms with E-state index in [0.29, 0.717) is 13.2 Å². The molecule has 0 radical (unpaired) electrons. The molecule has 1 aromatic rings. The van der Waals surface area contributed by atoms with Gasteiger partial charge in [0.05, 0.1) is 25.7 Å². The number of benzene rings is 1. The summed E-state index contributed by atoms with van der Waals surface area (Å²) in [5, 5.41) is 11.9. The van der Waals surface area contributed by atoms with E-state index in [4.69, 9.17) is 14.7 Å². The van der Waals surface area contributed by atoms with Gasteiger partial charge in [-0.05, 0) is 31.5 Å². The largest absolute Gasteiger partial charge is 0.493 e. The second-order valence-electron chi connectivity index (χ2n) is 4.08. The van der Waals surface area contributed by atoms with Gasteiger partial charge in [-0.15, -0.1) is 0 Å². The molecule has 0 aliphatic heterocycles. The van der Waals surface area contributed by atoms with Gasteiger partial charge in [0, 0.05) is 13.1 Å². The molecule has 0 bridgehead atoms. The highest BCUT2D eigenvalue weighted by molar-refractivity contribution is 5.42. The lowest BCUT2D eigenvalue weighted by Crippen LogP contribution is -2.19. The highest BCUT2D eigenvalue weighted by atomic mass is 16.5. The number of nitrogens with zero attached hydrogens (tertiary/aromatic N) is 1. The van der Waals surface area contributed by atoms with E-state index in [1.165, 1.54) is 0 Å². The summed E-state index contributed by atoms with van der Waals surface area (Å²) in [6.07, 6.45) is 0. The molecule has 98 valence electrons. The molecule has 1 unspecified atom stereocenters. The third-order valence-corrected chi connectivity index (χ3v) is 2.53. The molecule has 0 saturated heterocycles. The Kier molecular flexibility index (Phi) is 6.03. The quantitative estimate of drug-likeness (QED) is 0.804. The number of nitrogens with one attached hydrogen (secondary N) is 1. The fourth-order valence-corrected chi connectivity index (χ4v) is 1.58. The zero-order chi connectivity index (χ0) is 13.4. The van der Waals surface area contributed by atoms with Gasteiger partial charge in [-0.2, -0.15) is 5.26 Å². The van der Waals surface area contributed by atoms with Crippen LogP contribution >= 0.6 is 0 Å². The van der Waals surface area contributed by atoms with Crippen LogP contribution in [0.4, 0.5) is 0 Å². The fraction of sp³-hybridized carbons (Fsp3) is 0.500. The van der Waals surface area contributed by atoms with Crippen LogP contribution in [-0.4, -0.2) is 20.3 Å². The van der Waals surface area contributed by atoms with Gasteiger partial charge in [-0.25, -0.2) is 0 Å². The molecule has 0 heterocycles. The minimum atomic E-state index is 0.0228. The first kappa shape index (κ1) is 14.3. The van der Waals surface area contributed by atoms with Gasteiger partial charge in [0.15, 0.2) is 11.5 Å². The van der Waals surface area contributed by atoms with Crippen molar-refractivity contribution in [3.8, 4) is 17.6 Å². The Bertz CT molecular complexity index is 413. The lowest BCUT2D eigenvalue weighted by molar-refractivity contribution is 0.310. The highest BCUT2D eigenvalue weighted by Crippen LogP contribution is 2.27. The molecule has 0 aliphatic rings. The lowest BCUT2D eigenvalue weighted by atomic mass is 10.1. The van der Waals surface area contributed by atoms with Gasteiger partial charge in [-0.1, -0.05) is 6.07 Å². The summed E-state index contributed by atoms with van der Waals surface area (Å²) >= 11 is 0. The van der Waals surface area contributed by atoms with E-state index in [2.05, 4.69) is 11.4 Å². The van der Waals surface area contributed by atoms with Gasteiger partial charge in [0.25, 0.3) is 0 Å². The first-order chi connectivity index (χ1) is 8.71. The summed E-state index contributed by atoms with van der Waals surface area (Å²) in [6.45, 7) is 5.85. The molecule has 1 atom stereocenters. The smallest absolute Gasteiger partial charge is 0.161 e. The van der Waals surface area contributed by atoms with E-state index in [-0.39, 0.29) is 5.92 Å². The Balaban J connectivity index is 2.61. The number of hydrogen-bond donors (Lipinski definition) is 1. The summed E-state index contributed by atoms with van der Waals surface area (Å²) in [6, 6.07) is 8.05.